The van der Waals surface area contributed by atoms with Crippen LogP contribution in [-0.2, 0) is 14.6 Å². The van der Waals surface area contributed by atoms with E-state index in [1.54, 1.807) is 5.32 Å². The number of nitrogens with one attached hydrogen (secondary N) is 1. The monoisotopic (exact) mass is 261 g/mol. The number of carbonyl (C=O) groups is 1. The SMILES string of the molecule is C[C@H](CCS(C)(=O)=O)C(=O)NCC(F)(F)F. The number of halogens is 3. The zero-order valence-electron chi connectivity index (χ0n) is 8.97. The average Bonchev–Trinajstić information content (AvgIpc) is 2.07. The van der Waals surface area contributed by atoms with Crippen molar-refractivity contribution in [3.05, 3.63) is 0 Å². The molecule has 0 fully saturated rings. The van der Waals surface area contributed by atoms with Gasteiger partial charge in [0.2, 0.25) is 5.91 Å². The summed E-state index contributed by atoms with van der Waals surface area (Å²) in [5.41, 5.74) is 0. The van der Waals surface area contributed by atoms with Gasteiger partial charge in [-0.05, 0) is 6.42 Å². The van der Waals surface area contributed by atoms with Crippen LogP contribution in [0.25, 0.3) is 0 Å². The predicted molar refractivity (Wildman–Crippen MR) is 52.6 cm³/mol. The molecular weight excluding hydrogens is 247 g/mol. The Morgan fingerprint density at radius 1 is 1.38 bits per heavy atom. The number of rotatable bonds is 5. The minimum Gasteiger partial charge on any atom is -0.347 e. The molecule has 0 aromatic heterocycles. The summed E-state index contributed by atoms with van der Waals surface area (Å²) in [6, 6.07) is 0. The highest BCUT2D eigenvalue weighted by Crippen LogP contribution is 2.13. The zero-order chi connectivity index (χ0) is 13.0. The lowest BCUT2D eigenvalue weighted by molar-refractivity contribution is -0.140. The van der Waals surface area contributed by atoms with Crippen LogP contribution in [0.15, 0.2) is 0 Å². The van der Waals surface area contributed by atoms with Gasteiger partial charge in [-0.1, -0.05) is 6.92 Å². The molecule has 0 aliphatic rings. The molecule has 0 bridgehead atoms. The summed E-state index contributed by atoms with van der Waals surface area (Å²) in [5.74, 6) is -1.76. The van der Waals surface area contributed by atoms with E-state index in [-0.39, 0.29) is 12.2 Å². The fraction of sp³-hybridized carbons (Fsp3) is 0.875. The van der Waals surface area contributed by atoms with Crippen molar-refractivity contribution in [1.82, 2.24) is 5.32 Å². The fourth-order valence-corrected chi connectivity index (χ4v) is 1.67. The molecular formula is C8H14F3NO3S. The molecule has 0 saturated heterocycles. The second-order valence-electron chi connectivity index (χ2n) is 3.65. The molecule has 1 amide bonds. The Hall–Kier alpha value is -0.790. The first-order valence-corrected chi connectivity index (χ1v) is 6.59. The van der Waals surface area contributed by atoms with Crippen molar-refractivity contribution < 1.29 is 26.4 Å². The normalized spacial score (nSPS) is 14.6. The van der Waals surface area contributed by atoms with E-state index >= 15 is 0 Å². The molecule has 0 aliphatic carbocycles. The summed E-state index contributed by atoms with van der Waals surface area (Å²) in [4.78, 5) is 11.1. The van der Waals surface area contributed by atoms with E-state index in [9.17, 15) is 26.4 Å². The third kappa shape index (κ3) is 8.51. The van der Waals surface area contributed by atoms with E-state index < -0.39 is 34.4 Å². The van der Waals surface area contributed by atoms with Crippen molar-refractivity contribution in [3.8, 4) is 0 Å². The summed E-state index contributed by atoms with van der Waals surface area (Å²) in [5, 5.41) is 1.70. The molecule has 0 aromatic carbocycles. The van der Waals surface area contributed by atoms with E-state index in [2.05, 4.69) is 0 Å². The molecule has 4 nitrogen and oxygen atoms in total. The number of hydrogen-bond donors (Lipinski definition) is 1. The third-order valence-corrected chi connectivity index (χ3v) is 2.81. The van der Waals surface area contributed by atoms with Crippen molar-refractivity contribution in [2.45, 2.75) is 19.5 Å². The van der Waals surface area contributed by atoms with Crippen LogP contribution >= 0.6 is 0 Å². The van der Waals surface area contributed by atoms with Crippen molar-refractivity contribution in [1.29, 1.82) is 0 Å². The van der Waals surface area contributed by atoms with Crippen LogP contribution in [0.1, 0.15) is 13.3 Å². The summed E-state index contributed by atoms with van der Waals surface area (Å²) in [6.07, 6.45) is -3.43. The van der Waals surface area contributed by atoms with E-state index in [1.807, 2.05) is 0 Å². The van der Waals surface area contributed by atoms with Crippen LogP contribution < -0.4 is 5.32 Å². The Bertz CT molecular complexity index is 337. The second-order valence-corrected chi connectivity index (χ2v) is 5.91. The molecule has 0 unspecified atom stereocenters. The van der Waals surface area contributed by atoms with E-state index in [0.717, 1.165) is 6.26 Å². The maximum Gasteiger partial charge on any atom is 0.405 e. The summed E-state index contributed by atoms with van der Waals surface area (Å²) >= 11 is 0. The Morgan fingerprint density at radius 3 is 2.25 bits per heavy atom. The van der Waals surface area contributed by atoms with Crippen molar-refractivity contribution in [2.75, 3.05) is 18.6 Å². The maximum atomic E-state index is 11.7. The molecule has 0 aromatic rings. The standard InChI is InChI=1S/C8H14F3NO3S/c1-6(3-4-16(2,14)15)7(13)12-5-8(9,10)11/h6H,3-5H2,1-2H3,(H,12,13)/t6-/m1/s1. The first-order chi connectivity index (χ1) is 7.01. The van der Waals surface area contributed by atoms with E-state index in [4.69, 9.17) is 0 Å². The third-order valence-electron chi connectivity index (χ3n) is 1.83. The summed E-state index contributed by atoms with van der Waals surface area (Å²) in [7, 11) is -3.20. The van der Waals surface area contributed by atoms with Gasteiger partial charge in [-0.25, -0.2) is 8.42 Å². The Kier molecular flexibility index (Phi) is 5.24. The van der Waals surface area contributed by atoms with Gasteiger partial charge < -0.3 is 5.32 Å². The number of sulfone groups is 1. The van der Waals surface area contributed by atoms with Gasteiger partial charge in [0.15, 0.2) is 0 Å². The molecule has 1 N–H and O–H groups in total. The van der Waals surface area contributed by atoms with Gasteiger partial charge in [-0.3, -0.25) is 4.79 Å². The molecule has 96 valence electrons. The Labute approximate surface area is 92.1 Å². The van der Waals surface area contributed by atoms with Gasteiger partial charge in [-0.15, -0.1) is 0 Å². The summed E-state index contributed by atoms with van der Waals surface area (Å²) < 4.78 is 56.8. The number of hydrogen-bond acceptors (Lipinski definition) is 3. The average molecular weight is 261 g/mol. The van der Waals surface area contributed by atoms with Crippen molar-refractivity contribution in [3.63, 3.8) is 0 Å². The smallest absolute Gasteiger partial charge is 0.347 e. The molecule has 0 aliphatic heterocycles. The van der Waals surface area contributed by atoms with Crippen LogP contribution in [0.2, 0.25) is 0 Å². The van der Waals surface area contributed by atoms with Crippen LogP contribution in [-0.4, -0.2) is 39.1 Å². The number of amides is 1. The van der Waals surface area contributed by atoms with Crippen LogP contribution in [0.4, 0.5) is 13.2 Å². The highest BCUT2D eigenvalue weighted by atomic mass is 32.2. The Balaban J connectivity index is 4.01. The van der Waals surface area contributed by atoms with Crippen molar-refractivity contribution >= 4 is 15.7 Å². The lowest BCUT2D eigenvalue weighted by atomic mass is 10.1. The van der Waals surface area contributed by atoms with Gasteiger partial charge in [0.25, 0.3) is 0 Å². The van der Waals surface area contributed by atoms with Crippen LogP contribution in [0, 0.1) is 5.92 Å². The molecule has 1 atom stereocenters. The van der Waals surface area contributed by atoms with E-state index in [1.165, 1.54) is 6.92 Å². The molecule has 0 heterocycles. The van der Waals surface area contributed by atoms with Gasteiger partial charge in [-0.2, -0.15) is 13.2 Å². The first-order valence-electron chi connectivity index (χ1n) is 4.53. The minimum absolute atomic E-state index is 0.0164. The second kappa shape index (κ2) is 5.51. The molecule has 0 radical (unpaired) electrons. The molecule has 8 heteroatoms. The van der Waals surface area contributed by atoms with Crippen LogP contribution in [0.5, 0.6) is 0 Å². The topological polar surface area (TPSA) is 63.2 Å². The number of alkyl halides is 3. The lowest BCUT2D eigenvalue weighted by Gasteiger charge is -2.12. The molecule has 0 saturated carbocycles. The molecule has 0 spiro atoms. The van der Waals surface area contributed by atoms with Gasteiger partial charge in [0, 0.05) is 12.2 Å². The highest BCUT2D eigenvalue weighted by Gasteiger charge is 2.28. The van der Waals surface area contributed by atoms with Crippen molar-refractivity contribution in [2.24, 2.45) is 5.92 Å². The van der Waals surface area contributed by atoms with Crippen LogP contribution in [0.3, 0.4) is 0 Å². The quantitative estimate of drug-likeness (QED) is 0.793. The Morgan fingerprint density at radius 2 is 1.88 bits per heavy atom. The maximum absolute atomic E-state index is 11.7. The van der Waals surface area contributed by atoms with Gasteiger partial charge in [0.05, 0.1) is 5.75 Å². The van der Waals surface area contributed by atoms with Gasteiger partial charge in [0.1, 0.15) is 16.4 Å². The van der Waals surface area contributed by atoms with Gasteiger partial charge >= 0.3 is 6.18 Å². The molecule has 16 heavy (non-hydrogen) atoms. The highest BCUT2D eigenvalue weighted by molar-refractivity contribution is 7.90. The summed E-state index contributed by atoms with van der Waals surface area (Å²) in [6.45, 7) is -0.00800. The number of carbonyl (C=O) groups excluding carboxylic acids is 1. The fourth-order valence-electron chi connectivity index (χ4n) is 0.884. The first kappa shape index (κ1) is 15.2. The molecule has 0 rings (SSSR count). The largest absolute Gasteiger partial charge is 0.405 e. The van der Waals surface area contributed by atoms with E-state index in [0.29, 0.717) is 0 Å². The lowest BCUT2D eigenvalue weighted by Crippen LogP contribution is -2.37. The minimum atomic E-state index is -4.45. The zero-order valence-corrected chi connectivity index (χ0v) is 9.78. The predicted octanol–water partition coefficient (Wildman–Crippen LogP) is 0.736.